The number of ether oxygens (including phenoxy) is 3. The highest BCUT2D eigenvalue weighted by Crippen LogP contribution is 2.11. The van der Waals surface area contributed by atoms with Crippen LogP contribution in [-0.2, 0) is 14.2 Å². The second-order valence-electron chi connectivity index (χ2n) is 4.23. The van der Waals surface area contributed by atoms with Crippen LogP contribution < -0.4 is 0 Å². The van der Waals surface area contributed by atoms with Gasteiger partial charge in [0.1, 0.15) is 6.26 Å². The molecule has 0 aromatic carbocycles. The van der Waals surface area contributed by atoms with Crippen LogP contribution in [0.15, 0.2) is 29.4 Å². The summed E-state index contributed by atoms with van der Waals surface area (Å²) in [5, 5.41) is 0. The third-order valence-corrected chi connectivity index (χ3v) is 2.67. The van der Waals surface area contributed by atoms with Gasteiger partial charge >= 0.3 is 0 Å². The third kappa shape index (κ3) is 6.98. The molecule has 5 heteroatoms. The van der Waals surface area contributed by atoms with Crippen molar-refractivity contribution < 1.29 is 14.2 Å². The van der Waals surface area contributed by atoms with Crippen LogP contribution >= 0.6 is 0 Å². The Bertz CT molecular complexity index is 303. The van der Waals surface area contributed by atoms with Gasteiger partial charge in [-0.15, -0.1) is 0 Å². The van der Waals surface area contributed by atoms with E-state index in [1.807, 2.05) is 11.1 Å². The Hall–Kier alpha value is -1.33. The normalized spacial score (nSPS) is 14.8. The molecule has 0 unspecified atom stereocenters. The molecule has 0 saturated carbocycles. The molecular formula is C14H24N2O3. The third-order valence-electron chi connectivity index (χ3n) is 2.67. The van der Waals surface area contributed by atoms with Gasteiger partial charge in [0.05, 0.1) is 25.5 Å². The standard InChI is InChI=1S/C14H24N2O3/c1-3-4-5-7-17-9-10-18-12-14(11-15-2)16-6-8-19-13-16/h6,8,11H,2-5,7,9-10,12-13H2,1H3/b14-11-. The number of unbranched alkanes of at least 4 members (excludes halogenated alkanes) is 2. The van der Waals surface area contributed by atoms with Gasteiger partial charge in [0, 0.05) is 19.0 Å². The Morgan fingerprint density at radius 3 is 2.89 bits per heavy atom. The Morgan fingerprint density at radius 2 is 2.21 bits per heavy atom. The van der Waals surface area contributed by atoms with Gasteiger partial charge in [-0.2, -0.15) is 0 Å². The highest BCUT2D eigenvalue weighted by atomic mass is 16.5. The van der Waals surface area contributed by atoms with E-state index in [1.165, 1.54) is 12.8 Å². The maximum absolute atomic E-state index is 5.56. The van der Waals surface area contributed by atoms with Crippen LogP contribution in [0.25, 0.3) is 0 Å². The topological polar surface area (TPSA) is 43.3 Å². The smallest absolute Gasteiger partial charge is 0.164 e. The predicted molar refractivity (Wildman–Crippen MR) is 75.7 cm³/mol. The second-order valence-corrected chi connectivity index (χ2v) is 4.23. The minimum atomic E-state index is 0.477. The molecule has 19 heavy (non-hydrogen) atoms. The second kappa shape index (κ2) is 10.6. The van der Waals surface area contributed by atoms with Gasteiger partial charge in [0.2, 0.25) is 0 Å². The molecule has 0 atom stereocenters. The van der Waals surface area contributed by atoms with Crippen molar-refractivity contribution in [2.24, 2.45) is 4.99 Å². The van der Waals surface area contributed by atoms with E-state index in [1.54, 1.807) is 12.5 Å². The molecule has 0 aromatic heterocycles. The molecule has 1 heterocycles. The van der Waals surface area contributed by atoms with E-state index in [2.05, 4.69) is 18.6 Å². The molecule has 1 rings (SSSR count). The fourth-order valence-corrected chi connectivity index (χ4v) is 1.61. The molecule has 0 saturated heterocycles. The van der Waals surface area contributed by atoms with Crippen molar-refractivity contribution in [1.29, 1.82) is 0 Å². The van der Waals surface area contributed by atoms with Crippen molar-refractivity contribution in [3.8, 4) is 0 Å². The fraction of sp³-hybridized carbons (Fsp3) is 0.643. The molecule has 0 radical (unpaired) electrons. The number of rotatable bonds is 11. The number of nitrogens with zero attached hydrogens (tertiary/aromatic N) is 2. The van der Waals surface area contributed by atoms with Crippen molar-refractivity contribution in [3.63, 3.8) is 0 Å². The van der Waals surface area contributed by atoms with Crippen LogP contribution in [0.1, 0.15) is 26.2 Å². The van der Waals surface area contributed by atoms with E-state index in [4.69, 9.17) is 14.2 Å². The fourth-order valence-electron chi connectivity index (χ4n) is 1.61. The zero-order valence-corrected chi connectivity index (χ0v) is 11.7. The zero-order valence-electron chi connectivity index (χ0n) is 11.7. The van der Waals surface area contributed by atoms with Crippen molar-refractivity contribution in [2.75, 3.05) is 33.2 Å². The van der Waals surface area contributed by atoms with Gasteiger partial charge in [-0.05, 0) is 13.1 Å². The van der Waals surface area contributed by atoms with Crippen LogP contribution in [-0.4, -0.2) is 44.8 Å². The van der Waals surface area contributed by atoms with E-state index < -0.39 is 0 Å². The van der Waals surface area contributed by atoms with Crippen molar-refractivity contribution in [3.05, 3.63) is 24.4 Å². The first-order chi connectivity index (χ1) is 9.38. The summed E-state index contributed by atoms with van der Waals surface area (Å²) in [6, 6.07) is 0. The molecule has 0 amide bonds. The van der Waals surface area contributed by atoms with Gasteiger partial charge in [0.25, 0.3) is 0 Å². The molecule has 5 nitrogen and oxygen atoms in total. The monoisotopic (exact) mass is 268 g/mol. The zero-order chi connectivity index (χ0) is 13.8. The van der Waals surface area contributed by atoms with Crippen LogP contribution in [0.5, 0.6) is 0 Å². The average Bonchev–Trinajstić information content (AvgIpc) is 2.94. The SMILES string of the molecule is C=N/C=C(/COCCOCCCCC)N1C=COC1. The summed E-state index contributed by atoms with van der Waals surface area (Å²) in [6.07, 6.45) is 8.74. The summed E-state index contributed by atoms with van der Waals surface area (Å²) >= 11 is 0. The van der Waals surface area contributed by atoms with Crippen molar-refractivity contribution in [2.45, 2.75) is 26.2 Å². The molecular weight excluding hydrogens is 244 g/mol. The van der Waals surface area contributed by atoms with E-state index in [0.717, 1.165) is 18.7 Å². The maximum atomic E-state index is 5.56. The van der Waals surface area contributed by atoms with Crippen LogP contribution in [0.2, 0.25) is 0 Å². The molecule has 1 aliphatic rings. The number of aliphatic imine (C=N–C) groups is 1. The summed E-state index contributed by atoms with van der Waals surface area (Å²) in [6.45, 7) is 8.65. The largest absolute Gasteiger partial charge is 0.479 e. The maximum Gasteiger partial charge on any atom is 0.164 e. The Kier molecular flexibility index (Phi) is 8.76. The average molecular weight is 268 g/mol. The summed E-state index contributed by atoms with van der Waals surface area (Å²) in [5.41, 5.74) is 0.926. The Labute approximate surface area is 115 Å². The summed E-state index contributed by atoms with van der Waals surface area (Å²) in [4.78, 5) is 5.70. The lowest BCUT2D eigenvalue weighted by Crippen LogP contribution is -2.19. The molecule has 0 fully saturated rings. The van der Waals surface area contributed by atoms with Crippen LogP contribution in [0.4, 0.5) is 0 Å². The first-order valence-electron chi connectivity index (χ1n) is 6.73. The number of hydrogen-bond donors (Lipinski definition) is 0. The molecule has 1 aliphatic heterocycles. The molecule has 0 N–H and O–H groups in total. The molecule has 0 aliphatic carbocycles. The molecule has 0 spiro atoms. The van der Waals surface area contributed by atoms with Crippen molar-refractivity contribution >= 4 is 6.72 Å². The summed E-state index contributed by atoms with van der Waals surface area (Å²) < 4.78 is 16.2. The van der Waals surface area contributed by atoms with E-state index >= 15 is 0 Å². The highest BCUT2D eigenvalue weighted by Gasteiger charge is 2.10. The van der Waals surface area contributed by atoms with Gasteiger partial charge in [-0.25, -0.2) is 0 Å². The molecule has 0 aromatic rings. The number of hydrogen-bond acceptors (Lipinski definition) is 5. The van der Waals surface area contributed by atoms with Gasteiger partial charge in [-0.3, -0.25) is 4.99 Å². The Morgan fingerprint density at radius 1 is 1.37 bits per heavy atom. The Balaban J connectivity index is 2.07. The lowest BCUT2D eigenvalue weighted by atomic mass is 10.3. The van der Waals surface area contributed by atoms with Crippen LogP contribution in [0, 0.1) is 0 Å². The van der Waals surface area contributed by atoms with E-state index in [-0.39, 0.29) is 0 Å². The first-order valence-corrected chi connectivity index (χ1v) is 6.73. The van der Waals surface area contributed by atoms with Gasteiger partial charge < -0.3 is 19.1 Å². The van der Waals surface area contributed by atoms with Gasteiger partial charge in [0.15, 0.2) is 6.73 Å². The minimum Gasteiger partial charge on any atom is -0.479 e. The summed E-state index contributed by atoms with van der Waals surface area (Å²) in [7, 11) is 0. The highest BCUT2D eigenvalue weighted by molar-refractivity contribution is 5.26. The quantitative estimate of drug-likeness (QED) is 0.426. The lowest BCUT2D eigenvalue weighted by Gasteiger charge is -2.17. The summed E-state index contributed by atoms with van der Waals surface area (Å²) in [5.74, 6) is 0. The van der Waals surface area contributed by atoms with E-state index in [9.17, 15) is 0 Å². The first kappa shape index (κ1) is 15.7. The molecule has 0 bridgehead atoms. The van der Waals surface area contributed by atoms with Crippen molar-refractivity contribution in [1.82, 2.24) is 4.90 Å². The van der Waals surface area contributed by atoms with Gasteiger partial charge in [-0.1, -0.05) is 19.8 Å². The molecule has 108 valence electrons. The lowest BCUT2D eigenvalue weighted by molar-refractivity contribution is 0.0479. The van der Waals surface area contributed by atoms with E-state index in [0.29, 0.717) is 26.6 Å². The minimum absolute atomic E-state index is 0.477. The predicted octanol–water partition coefficient (Wildman–Crippen LogP) is 2.51. The van der Waals surface area contributed by atoms with Crippen LogP contribution in [0.3, 0.4) is 0 Å².